The highest BCUT2D eigenvalue weighted by Crippen LogP contribution is 2.28. The van der Waals surface area contributed by atoms with Crippen molar-refractivity contribution in [3.8, 4) is 0 Å². The van der Waals surface area contributed by atoms with E-state index in [4.69, 9.17) is 9.84 Å². The Kier molecular flexibility index (Phi) is 5.99. The summed E-state index contributed by atoms with van der Waals surface area (Å²) >= 11 is 4.55. The Bertz CT molecular complexity index is 704. The number of nitrogens with zero attached hydrogens (tertiary/aromatic N) is 1. The summed E-state index contributed by atoms with van der Waals surface area (Å²) in [7, 11) is 0. The molecule has 1 aromatic carbocycles. The van der Waals surface area contributed by atoms with E-state index in [1.807, 2.05) is 0 Å². The van der Waals surface area contributed by atoms with E-state index >= 15 is 0 Å². The van der Waals surface area contributed by atoms with Gasteiger partial charge in [-0.05, 0) is 39.0 Å². The largest absolute Gasteiger partial charge is 0.478 e. The molecule has 0 aliphatic carbocycles. The summed E-state index contributed by atoms with van der Waals surface area (Å²) in [6.07, 6.45) is -0.543. The van der Waals surface area contributed by atoms with Crippen LogP contribution >= 0.6 is 27.7 Å². The molecule has 0 saturated carbocycles. The molecule has 2 N–H and O–H groups in total. The zero-order chi connectivity index (χ0) is 18.8. The Balaban J connectivity index is 2.12. The third-order valence-corrected chi connectivity index (χ3v) is 4.82. The maximum Gasteiger partial charge on any atom is 0.411 e. The number of aromatic carboxylic acids is 1. The van der Waals surface area contributed by atoms with Gasteiger partial charge in [0.1, 0.15) is 5.60 Å². The highest BCUT2D eigenvalue weighted by Gasteiger charge is 2.37. The first-order valence-electron chi connectivity index (χ1n) is 7.53. The van der Waals surface area contributed by atoms with Crippen molar-refractivity contribution in [2.75, 3.05) is 17.6 Å². The molecule has 1 saturated heterocycles. The Morgan fingerprint density at radius 1 is 1.32 bits per heavy atom. The van der Waals surface area contributed by atoms with E-state index in [-0.39, 0.29) is 5.56 Å². The SMILES string of the molecule is CC(C)(C)OC(=O)N1CCSC1C(=O)Nc1cc(Br)cc(C(=O)O)c1. The van der Waals surface area contributed by atoms with Crippen molar-refractivity contribution in [2.24, 2.45) is 0 Å². The van der Waals surface area contributed by atoms with Crippen LogP contribution in [0.25, 0.3) is 0 Å². The summed E-state index contributed by atoms with van der Waals surface area (Å²) in [5.41, 5.74) is -0.257. The average Bonchev–Trinajstić information content (AvgIpc) is 2.94. The van der Waals surface area contributed by atoms with Crippen molar-refractivity contribution >= 4 is 51.3 Å². The number of halogens is 1. The number of anilines is 1. The van der Waals surface area contributed by atoms with Gasteiger partial charge in [0, 0.05) is 22.5 Å². The van der Waals surface area contributed by atoms with Crippen LogP contribution in [0.5, 0.6) is 0 Å². The Hall–Kier alpha value is -1.74. The summed E-state index contributed by atoms with van der Waals surface area (Å²) in [4.78, 5) is 37.3. The third-order valence-electron chi connectivity index (χ3n) is 3.16. The quantitative estimate of drug-likeness (QED) is 0.762. The summed E-state index contributed by atoms with van der Waals surface area (Å²) in [5.74, 6) is -0.874. The van der Waals surface area contributed by atoms with E-state index in [1.165, 1.54) is 28.8 Å². The fourth-order valence-corrected chi connectivity index (χ4v) is 3.78. The van der Waals surface area contributed by atoms with Crippen LogP contribution < -0.4 is 5.32 Å². The molecule has 9 heteroatoms. The van der Waals surface area contributed by atoms with E-state index in [0.29, 0.717) is 22.5 Å². The van der Waals surface area contributed by atoms with Crippen LogP contribution in [0.1, 0.15) is 31.1 Å². The molecule has 2 amide bonds. The number of ether oxygens (including phenoxy) is 1. The smallest absolute Gasteiger partial charge is 0.411 e. The molecule has 0 aromatic heterocycles. The van der Waals surface area contributed by atoms with Gasteiger partial charge in [0.2, 0.25) is 0 Å². The van der Waals surface area contributed by atoms with Crippen LogP contribution in [-0.2, 0) is 9.53 Å². The fraction of sp³-hybridized carbons (Fsp3) is 0.438. The van der Waals surface area contributed by atoms with Gasteiger partial charge in [0.05, 0.1) is 5.56 Å². The third kappa shape index (κ3) is 5.37. The summed E-state index contributed by atoms with van der Waals surface area (Å²) < 4.78 is 5.86. The molecule has 136 valence electrons. The molecule has 1 atom stereocenters. The highest BCUT2D eigenvalue weighted by molar-refractivity contribution is 9.10. The van der Waals surface area contributed by atoms with Crippen molar-refractivity contribution in [3.63, 3.8) is 0 Å². The Morgan fingerprint density at radius 2 is 2.00 bits per heavy atom. The molecule has 2 rings (SSSR count). The average molecular weight is 431 g/mol. The van der Waals surface area contributed by atoms with Crippen LogP contribution in [0.15, 0.2) is 22.7 Å². The fourth-order valence-electron chi connectivity index (χ4n) is 2.18. The standard InChI is InChI=1S/C16H19BrN2O5S/c1-16(2,3)24-15(23)19-4-5-25-13(19)12(20)18-11-7-9(14(21)22)6-10(17)8-11/h6-8,13H,4-5H2,1-3H3,(H,18,20)(H,21,22). The first-order valence-corrected chi connectivity index (χ1v) is 9.37. The molecule has 7 nitrogen and oxygen atoms in total. The number of amides is 2. The molecular weight excluding hydrogens is 412 g/mol. The zero-order valence-corrected chi connectivity index (χ0v) is 16.4. The van der Waals surface area contributed by atoms with Gasteiger partial charge in [0.25, 0.3) is 5.91 Å². The summed E-state index contributed by atoms with van der Waals surface area (Å²) in [6, 6.07) is 4.40. The lowest BCUT2D eigenvalue weighted by atomic mass is 10.2. The molecule has 25 heavy (non-hydrogen) atoms. The van der Waals surface area contributed by atoms with Crippen LogP contribution in [0, 0.1) is 0 Å². The van der Waals surface area contributed by atoms with Gasteiger partial charge in [-0.2, -0.15) is 0 Å². The molecule has 1 aliphatic rings. The van der Waals surface area contributed by atoms with Crippen molar-refractivity contribution in [1.29, 1.82) is 0 Å². The van der Waals surface area contributed by atoms with Gasteiger partial charge >= 0.3 is 12.1 Å². The summed E-state index contributed by atoms with van der Waals surface area (Å²) in [6.45, 7) is 5.70. The number of hydrogen-bond acceptors (Lipinski definition) is 5. The van der Waals surface area contributed by atoms with Crippen LogP contribution in [0.2, 0.25) is 0 Å². The molecule has 1 heterocycles. The predicted octanol–water partition coefficient (Wildman–Crippen LogP) is 3.40. The first kappa shape index (κ1) is 19.6. The Labute approximate surface area is 158 Å². The zero-order valence-electron chi connectivity index (χ0n) is 14.0. The molecule has 1 aromatic rings. The van der Waals surface area contributed by atoms with Crippen LogP contribution in [0.3, 0.4) is 0 Å². The van der Waals surface area contributed by atoms with Gasteiger partial charge in [-0.3, -0.25) is 9.69 Å². The predicted molar refractivity (Wildman–Crippen MR) is 98.9 cm³/mol. The van der Waals surface area contributed by atoms with E-state index < -0.39 is 28.9 Å². The Morgan fingerprint density at radius 3 is 2.60 bits per heavy atom. The number of carboxylic acid groups (broad SMARTS) is 1. The normalized spacial score (nSPS) is 17.3. The molecule has 0 bridgehead atoms. The van der Waals surface area contributed by atoms with Gasteiger partial charge in [0.15, 0.2) is 5.37 Å². The number of thioether (sulfide) groups is 1. The van der Waals surface area contributed by atoms with E-state index in [9.17, 15) is 14.4 Å². The van der Waals surface area contributed by atoms with Gasteiger partial charge in [-0.25, -0.2) is 9.59 Å². The topological polar surface area (TPSA) is 95.9 Å². The minimum absolute atomic E-state index is 0.0488. The lowest BCUT2D eigenvalue weighted by Gasteiger charge is -2.27. The minimum atomic E-state index is -1.09. The van der Waals surface area contributed by atoms with Crippen molar-refractivity contribution in [2.45, 2.75) is 31.7 Å². The van der Waals surface area contributed by atoms with Crippen LogP contribution in [-0.4, -0.2) is 51.2 Å². The molecule has 1 aliphatic heterocycles. The molecular formula is C16H19BrN2O5S. The molecule has 1 unspecified atom stereocenters. The molecule has 0 spiro atoms. The van der Waals surface area contributed by atoms with Crippen molar-refractivity contribution < 1.29 is 24.2 Å². The van der Waals surface area contributed by atoms with Gasteiger partial charge < -0.3 is 15.2 Å². The lowest BCUT2D eigenvalue weighted by molar-refractivity contribution is -0.118. The van der Waals surface area contributed by atoms with E-state index in [0.717, 1.165) is 0 Å². The van der Waals surface area contributed by atoms with Crippen molar-refractivity contribution in [3.05, 3.63) is 28.2 Å². The lowest BCUT2D eigenvalue weighted by Crippen LogP contribution is -2.44. The number of carbonyl (C=O) groups is 3. The van der Waals surface area contributed by atoms with E-state index in [2.05, 4.69) is 21.2 Å². The van der Waals surface area contributed by atoms with Crippen LogP contribution in [0.4, 0.5) is 10.5 Å². The second-order valence-electron chi connectivity index (χ2n) is 6.42. The number of carbonyl (C=O) groups excluding carboxylic acids is 2. The van der Waals surface area contributed by atoms with Gasteiger partial charge in [-0.1, -0.05) is 15.9 Å². The monoisotopic (exact) mass is 430 g/mol. The summed E-state index contributed by atoms with van der Waals surface area (Å²) in [5, 5.41) is 11.0. The number of carboxylic acids is 1. The number of rotatable bonds is 3. The molecule has 1 fully saturated rings. The number of hydrogen-bond donors (Lipinski definition) is 2. The van der Waals surface area contributed by atoms with E-state index in [1.54, 1.807) is 26.8 Å². The molecule has 0 radical (unpaired) electrons. The highest BCUT2D eigenvalue weighted by atomic mass is 79.9. The maximum atomic E-state index is 12.5. The second kappa shape index (κ2) is 7.65. The minimum Gasteiger partial charge on any atom is -0.478 e. The van der Waals surface area contributed by atoms with Gasteiger partial charge in [-0.15, -0.1) is 11.8 Å². The maximum absolute atomic E-state index is 12.5. The first-order chi connectivity index (χ1) is 11.6. The second-order valence-corrected chi connectivity index (χ2v) is 8.52. The number of benzene rings is 1. The van der Waals surface area contributed by atoms with Crippen molar-refractivity contribution in [1.82, 2.24) is 4.90 Å². The number of nitrogens with one attached hydrogen (secondary N) is 1.